The van der Waals surface area contributed by atoms with Gasteiger partial charge in [-0.2, -0.15) is 0 Å². The van der Waals surface area contributed by atoms with E-state index in [0.717, 1.165) is 10.5 Å². The predicted molar refractivity (Wildman–Crippen MR) is 117 cm³/mol. The van der Waals surface area contributed by atoms with Crippen LogP contribution in [0.1, 0.15) is 31.2 Å². The van der Waals surface area contributed by atoms with E-state index in [1.165, 1.54) is 11.3 Å². The molecule has 0 saturated carbocycles. The number of carbonyl (C=O) groups is 1. The molecule has 154 valence electrons. The van der Waals surface area contributed by atoms with Gasteiger partial charge in [0.15, 0.2) is 4.80 Å². The molecule has 0 N–H and O–H groups in total. The van der Waals surface area contributed by atoms with Gasteiger partial charge in [0.2, 0.25) is 0 Å². The van der Waals surface area contributed by atoms with Crippen LogP contribution >= 0.6 is 23.1 Å². The molecule has 1 aliphatic heterocycles. The molecule has 0 radical (unpaired) electrons. The van der Waals surface area contributed by atoms with Crippen LogP contribution in [0.5, 0.6) is 0 Å². The van der Waals surface area contributed by atoms with E-state index in [1.807, 2.05) is 30.5 Å². The number of thiazole rings is 1. The van der Waals surface area contributed by atoms with Crippen molar-refractivity contribution >= 4 is 35.1 Å². The SMILES string of the molecule is CCOC(=O)C1=C(C)N=c2s/c(=C/c3ccco3)c(=O)n2[C@@H]1c1ccc(SC)cc1. The Labute approximate surface area is 181 Å². The lowest BCUT2D eigenvalue weighted by molar-refractivity contribution is -0.139. The summed E-state index contributed by atoms with van der Waals surface area (Å²) in [5.74, 6) is 0.125. The summed E-state index contributed by atoms with van der Waals surface area (Å²) in [6.07, 6.45) is 5.25. The predicted octanol–water partition coefficient (Wildman–Crippen LogP) is 3.11. The second-order valence-electron chi connectivity index (χ2n) is 6.59. The number of allylic oxidation sites excluding steroid dienone is 1. The lowest BCUT2D eigenvalue weighted by Gasteiger charge is -2.24. The van der Waals surface area contributed by atoms with Crippen LogP contribution in [0.2, 0.25) is 0 Å². The molecule has 6 nitrogen and oxygen atoms in total. The molecule has 4 rings (SSSR count). The van der Waals surface area contributed by atoms with Gasteiger partial charge in [-0.3, -0.25) is 9.36 Å². The molecule has 1 aromatic carbocycles. The number of benzene rings is 1. The van der Waals surface area contributed by atoms with Crippen LogP contribution in [-0.4, -0.2) is 23.4 Å². The van der Waals surface area contributed by atoms with Gasteiger partial charge in [0.25, 0.3) is 5.56 Å². The molecule has 3 heterocycles. The van der Waals surface area contributed by atoms with Crippen LogP contribution in [-0.2, 0) is 9.53 Å². The Morgan fingerprint density at radius 1 is 1.33 bits per heavy atom. The Hall–Kier alpha value is -2.84. The van der Waals surface area contributed by atoms with E-state index < -0.39 is 12.0 Å². The number of nitrogens with zero attached hydrogens (tertiary/aromatic N) is 2. The first-order chi connectivity index (χ1) is 14.5. The highest BCUT2D eigenvalue weighted by Crippen LogP contribution is 2.31. The van der Waals surface area contributed by atoms with E-state index in [0.29, 0.717) is 26.4 Å². The van der Waals surface area contributed by atoms with Gasteiger partial charge >= 0.3 is 5.97 Å². The Morgan fingerprint density at radius 2 is 2.10 bits per heavy atom. The summed E-state index contributed by atoms with van der Waals surface area (Å²) in [6, 6.07) is 10.8. The number of rotatable bonds is 5. The summed E-state index contributed by atoms with van der Waals surface area (Å²) >= 11 is 2.91. The van der Waals surface area contributed by atoms with Crippen LogP contribution in [0, 0.1) is 0 Å². The van der Waals surface area contributed by atoms with E-state index in [1.54, 1.807) is 54.6 Å². The first-order valence-electron chi connectivity index (χ1n) is 9.40. The zero-order chi connectivity index (χ0) is 21.3. The topological polar surface area (TPSA) is 73.8 Å². The molecule has 3 aromatic rings. The molecule has 0 spiro atoms. The summed E-state index contributed by atoms with van der Waals surface area (Å²) in [6.45, 7) is 3.78. The maximum absolute atomic E-state index is 13.3. The monoisotopic (exact) mass is 440 g/mol. The number of esters is 1. The third kappa shape index (κ3) is 3.68. The number of aromatic nitrogens is 1. The van der Waals surface area contributed by atoms with Crippen molar-refractivity contribution in [2.45, 2.75) is 24.8 Å². The van der Waals surface area contributed by atoms with Gasteiger partial charge in [-0.05, 0) is 49.9 Å². The molecule has 1 aliphatic rings. The van der Waals surface area contributed by atoms with Gasteiger partial charge in [-0.25, -0.2) is 9.79 Å². The van der Waals surface area contributed by atoms with Crippen molar-refractivity contribution in [1.82, 2.24) is 4.57 Å². The summed E-state index contributed by atoms with van der Waals surface area (Å²) in [5.41, 5.74) is 1.54. The summed E-state index contributed by atoms with van der Waals surface area (Å²) in [4.78, 5) is 32.4. The molecular formula is C22H20N2O4S2. The fraction of sp³-hybridized carbons (Fsp3) is 0.227. The minimum atomic E-state index is -0.602. The van der Waals surface area contributed by atoms with Crippen molar-refractivity contribution in [2.75, 3.05) is 12.9 Å². The van der Waals surface area contributed by atoms with E-state index in [2.05, 4.69) is 4.99 Å². The minimum Gasteiger partial charge on any atom is -0.465 e. The summed E-state index contributed by atoms with van der Waals surface area (Å²) < 4.78 is 12.7. The number of carbonyl (C=O) groups excluding carboxylic acids is 1. The van der Waals surface area contributed by atoms with E-state index in [9.17, 15) is 9.59 Å². The average Bonchev–Trinajstić information content (AvgIpc) is 3.36. The van der Waals surface area contributed by atoms with Gasteiger partial charge in [0.05, 0.1) is 34.7 Å². The van der Waals surface area contributed by atoms with Crippen molar-refractivity contribution < 1.29 is 13.9 Å². The molecular weight excluding hydrogens is 420 g/mol. The Bertz CT molecular complexity index is 1280. The second-order valence-corrected chi connectivity index (χ2v) is 8.48. The molecule has 30 heavy (non-hydrogen) atoms. The highest BCUT2D eigenvalue weighted by Gasteiger charge is 2.33. The first kappa shape index (κ1) is 20.4. The van der Waals surface area contributed by atoms with Gasteiger partial charge in [-0.15, -0.1) is 11.8 Å². The Kier molecular flexibility index (Phi) is 5.78. The highest BCUT2D eigenvalue weighted by atomic mass is 32.2. The molecule has 1 atom stereocenters. The Morgan fingerprint density at radius 3 is 2.73 bits per heavy atom. The molecule has 0 bridgehead atoms. The van der Waals surface area contributed by atoms with Gasteiger partial charge in [-0.1, -0.05) is 23.5 Å². The lowest BCUT2D eigenvalue weighted by Crippen LogP contribution is -2.39. The molecule has 0 amide bonds. The maximum atomic E-state index is 13.3. The number of thioether (sulfide) groups is 1. The zero-order valence-corrected chi connectivity index (χ0v) is 18.4. The van der Waals surface area contributed by atoms with Crippen molar-refractivity contribution in [1.29, 1.82) is 0 Å². The van der Waals surface area contributed by atoms with Crippen molar-refractivity contribution in [2.24, 2.45) is 4.99 Å². The second kappa shape index (κ2) is 8.49. The Balaban J connectivity index is 1.95. The minimum absolute atomic E-state index is 0.219. The maximum Gasteiger partial charge on any atom is 0.338 e. The molecule has 2 aromatic heterocycles. The molecule has 0 unspecified atom stereocenters. The summed E-state index contributed by atoms with van der Waals surface area (Å²) in [7, 11) is 0. The van der Waals surface area contributed by atoms with Gasteiger partial charge in [0, 0.05) is 11.0 Å². The number of hydrogen-bond acceptors (Lipinski definition) is 7. The largest absolute Gasteiger partial charge is 0.465 e. The van der Waals surface area contributed by atoms with E-state index in [-0.39, 0.29) is 12.2 Å². The van der Waals surface area contributed by atoms with E-state index in [4.69, 9.17) is 9.15 Å². The lowest BCUT2D eigenvalue weighted by atomic mass is 9.96. The first-order valence-corrected chi connectivity index (χ1v) is 11.4. The standard InChI is InChI=1S/C22H20N2O4S2/c1-4-27-21(26)18-13(2)23-22-24(19(18)14-7-9-16(29-3)10-8-14)20(25)17(30-22)12-15-6-5-11-28-15/h5-12,19H,4H2,1-3H3/b17-12+/t19-/m1/s1. The third-order valence-corrected chi connectivity index (χ3v) is 6.49. The molecule has 0 fully saturated rings. The van der Waals surface area contributed by atoms with Crippen LogP contribution in [0.3, 0.4) is 0 Å². The third-order valence-electron chi connectivity index (χ3n) is 4.77. The number of ether oxygens (including phenoxy) is 1. The van der Waals surface area contributed by atoms with E-state index >= 15 is 0 Å². The van der Waals surface area contributed by atoms with Crippen LogP contribution in [0.25, 0.3) is 6.08 Å². The fourth-order valence-electron chi connectivity index (χ4n) is 3.40. The molecule has 0 aliphatic carbocycles. The van der Waals surface area contributed by atoms with Crippen LogP contribution in [0.4, 0.5) is 0 Å². The van der Waals surface area contributed by atoms with Crippen LogP contribution < -0.4 is 14.9 Å². The van der Waals surface area contributed by atoms with Crippen molar-refractivity contribution in [3.8, 4) is 0 Å². The normalized spacial score (nSPS) is 16.4. The average molecular weight is 441 g/mol. The fourth-order valence-corrected chi connectivity index (χ4v) is 4.83. The number of furan rings is 1. The molecule has 8 heteroatoms. The van der Waals surface area contributed by atoms with Crippen molar-refractivity contribution in [3.63, 3.8) is 0 Å². The highest BCUT2D eigenvalue weighted by molar-refractivity contribution is 7.98. The smallest absolute Gasteiger partial charge is 0.338 e. The molecule has 0 saturated heterocycles. The van der Waals surface area contributed by atoms with Crippen LogP contribution in [0.15, 0.2) is 73.0 Å². The van der Waals surface area contributed by atoms with Gasteiger partial charge in [0.1, 0.15) is 5.76 Å². The number of fused-ring (bicyclic) bond motifs is 1. The zero-order valence-electron chi connectivity index (χ0n) is 16.7. The summed E-state index contributed by atoms with van der Waals surface area (Å²) in [5, 5.41) is 0. The van der Waals surface area contributed by atoms with Gasteiger partial charge < -0.3 is 9.15 Å². The quantitative estimate of drug-likeness (QED) is 0.450. The van der Waals surface area contributed by atoms with Crippen molar-refractivity contribution in [3.05, 3.63) is 84.9 Å². The number of hydrogen-bond donors (Lipinski definition) is 0.